The van der Waals surface area contributed by atoms with Crippen molar-refractivity contribution >= 4 is 0 Å². The fraction of sp³-hybridized carbons (Fsp3) is 1.00. The third-order valence-electron chi connectivity index (χ3n) is 11.9. The van der Waals surface area contributed by atoms with Crippen molar-refractivity contribution in [2.24, 2.45) is 46.3 Å². The van der Waals surface area contributed by atoms with Crippen LogP contribution in [-0.4, -0.2) is 40.4 Å². The topological polar surface area (TPSA) is 58.9 Å². The molecule has 4 aliphatic carbocycles. The number of rotatable bonds is 0. The molecule has 0 aromatic heterocycles. The molecule has 0 aromatic rings. The number of hydrogen-bond acceptors (Lipinski definition) is 4. The summed E-state index contributed by atoms with van der Waals surface area (Å²) in [4.78, 5) is 0. The molecule has 6 aliphatic rings. The smallest absolute Gasteiger partial charge is 0.171 e. The lowest BCUT2D eigenvalue weighted by molar-refractivity contribution is -0.294. The molecular formula is C27H44O4. The van der Waals surface area contributed by atoms with Gasteiger partial charge in [-0.15, -0.1) is 0 Å². The molecule has 2 heterocycles. The van der Waals surface area contributed by atoms with Gasteiger partial charge in [-0.05, 0) is 105 Å². The molecule has 176 valence electrons. The maximum Gasteiger partial charge on any atom is 0.171 e. The van der Waals surface area contributed by atoms with Gasteiger partial charge in [-0.3, -0.25) is 0 Å². The molecular weight excluding hydrogens is 388 g/mol. The van der Waals surface area contributed by atoms with Crippen LogP contribution in [0.5, 0.6) is 0 Å². The number of fused-ring (bicyclic) bond motifs is 7. The van der Waals surface area contributed by atoms with Crippen molar-refractivity contribution in [3.8, 4) is 0 Å². The van der Waals surface area contributed by atoms with Gasteiger partial charge in [0.05, 0.1) is 24.4 Å². The Hall–Kier alpha value is -0.160. The summed E-state index contributed by atoms with van der Waals surface area (Å²) in [6, 6.07) is 0. The van der Waals surface area contributed by atoms with Crippen molar-refractivity contribution in [2.75, 3.05) is 6.61 Å². The molecule has 4 saturated carbocycles. The zero-order chi connectivity index (χ0) is 21.8. The zero-order valence-electron chi connectivity index (χ0n) is 20.1. The van der Waals surface area contributed by atoms with Crippen LogP contribution in [0.3, 0.4) is 0 Å². The van der Waals surface area contributed by atoms with Gasteiger partial charge in [0.15, 0.2) is 5.79 Å². The lowest BCUT2D eigenvalue weighted by Crippen LogP contribution is -2.55. The SMILES string of the molecule is C[C@H]1[C@H]2[C@H](C[C@H]3[C@@H]4CCC5CC(O)CC[C@]5(C)[C@H]4CC[C@]23C)O[C@]12CCC(C)(O)CO2. The minimum Gasteiger partial charge on any atom is -0.393 e. The number of hydrogen-bond donors (Lipinski definition) is 2. The normalized spacial score (nSPS) is 63.3. The third kappa shape index (κ3) is 2.87. The number of aliphatic hydroxyl groups is 2. The van der Waals surface area contributed by atoms with E-state index in [4.69, 9.17) is 9.47 Å². The molecule has 4 heteroatoms. The van der Waals surface area contributed by atoms with Gasteiger partial charge in [0.2, 0.25) is 0 Å². The van der Waals surface area contributed by atoms with Crippen molar-refractivity contribution in [2.45, 2.75) is 115 Å². The second-order valence-electron chi connectivity index (χ2n) is 13.4. The maximum atomic E-state index is 10.4. The van der Waals surface area contributed by atoms with Crippen LogP contribution in [0.4, 0.5) is 0 Å². The summed E-state index contributed by atoms with van der Waals surface area (Å²) in [5.41, 5.74) is 0.0839. The standard InChI is InChI=1S/C27H44O4/c1-16-23-22(31-27(16)12-11-24(2,29)15-30-27)14-21-19-6-5-17-13-18(28)7-9-25(17,3)20(19)8-10-26(21,23)4/h16-23,28-29H,5-15H2,1-4H3/t16-,17?,18?,19+,20-,21-,22-,23-,24?,25-,26-,27+/m0/s1. The molecule has 2 saturated heterocycles. The van der Waals surface area contributed by atoms with Gasteiger partial charge >= 0.3 is 0 Å². The van der Waals surface area contributed by atoms with Crippen LogP contribution in [0, 0.1) is 46.3 Å². The quantitative estimate of drug-likeness (QED) is 0.571. The van der Waals surface area contributed by atoms with Crippen LogP contribution in [0.25, 0.3) is 0 Å². The lowest BCUT2D eigenvalue weighted by Gasteiger charge is -2.61. The molecule has 0 radical (unpaired) electrons. The molecule has 6 fully saturated rings. The average Bonchev–Trinajstić information content (AvgIpc) is 3.16. The van der Waals surface area contributed by atoms with E-state index in [0.29, 0.717) is 35.4 Å². The van der Waals surface area contributed by atoms with Crippen LogP contribution in [0.1, 0.15) is 91.9 Å². The first-order valence-electron chi connectivity index (χ1n) is 13.3. The summed E-state index contributed by atoms with van der Waals surface area (Å²) in [6.07, 6.45) is 11.7. The van der Waals surface area contributed by atoms with Crippen molar-refractivity contribution in [3.05, 3.63) is 0 Å². The van der Waals surface area contributed by atoms with Gasteiger partial charge in [0.25, 0.3) is 0 Å². The molecule has 12 atom stereocenters. The van der Waals surface area contributed by atoms with Crippen LogP contribution < -0.4 is 0 Å². The van der Waals surface area contributed by atoms with Crippen molar-refractivity contribution < 1.29 is 19.7 Å². The molecule has 3 unspecified atom stereocenters. The molecule has 6 rings (SSSR count). The first-order valence-corrected chi connectivity index (χ1v) is 13.3. The Morgan fingerprint density at radius 1 is 0.839 bits per heavy atom. The monoisotopic (exact) mass is 432 g/mol. The second kappa shape index (κ2) is 6.71. The second-order valence-corrected chi connectivity index (χ2v) is 13.4. The highest BCUT2D eigenvalue weighted by atomic mass is 16.7. The van der Waals surface area contributed by atoms with Gasteiger partial charge in [0, 0.05) is 12.3 Å². The molecule has 0 bridgehead atoms. The summed E-state index contributed by atoms with van der Waals surface area (Å²) in [5.74, 6) is 3.69. The van der Waals surface area contributed by atoms with Crippen molar-refractivity contribution in [1.29, 1.82) is 0 Å². The van der Waals surface area contributed by atoms with E-state index in [1.54, 1.807) is 0 Å². The summed E-state index contributed by atoms with van der Waals surface area (Å²) >= 11 is 0. The fourth-order valence-electron chi connectivity index (χ4n) is 10.2. The van der Waals surface area contributed by atoms with Crippen molar-refractivity contribution in [3.63, 3.8) is 0 Å². The van der Waals surface area contributed by atoms with E-state index in [1.165, 1.54) is 38.5 Å². The Kier molecular flexibility index (Phi) is 4.62. The average molecular weight is 433 g/mol. The Morgan fingerprint density at radius 3 is 2.35 bits per heavy atom. The predicted octanol–water partition coefficient (Wildman–Crippen LogP) is 4.91. The molecule has 2 aliphatic heterocycles. The first-order chi connectivity index (χ1) is 14.6. The van der Waals surface area contributed by atoms with Crippen LogP contribution in [0.15, 0.2) is 0 Å². The number of aliphatic hydroxyl groups excluding tert-OH is 1. The van der Waals surface area contributed by atoms with Crippen LogP contribution in [0.2, 0.25) is 0 Å². The first kappa shape index (κ1) is 21.4. The zero-order valence-corrected chi connectivity index (χ0v) is 20.1. The van der Waals surface area contributed by atoms with Gasteiger partial charge in [-0.2, -0.15) is 0 Å². The van der Waals surface area contributed by atoms with Crippen LogP contribution in [-0.2, 0) is 9.47 Å². The van der Waals surface area contributed by atoms with E-state index in [-0.39, 0.29) is 6.10 Å². The highest BCUT2D eigenvalue weighted by molar-refractivity contribution is 5.15. The van der Waals surface area contributed by atoms with E-state index >= 15 is 0 Å². The third-order valence-corrected chi connectivity index (χ3v) is 11.9. The van der Waals surface area contributed by atoms with Gasteiger partial charge < -0.3 is 19.7 Å². The minimum atomic E-state index is -0.710. The Morgan fingerprint density at radius 2 is 1.61 bits per heavy atom. The Balaban J connectivity index is 1.25. The molecule has 1 spiro atoms. The fourth-order valence-corrected chi connectivity index (χ4v) is 10.2. The van der Waals surface area contributed by atoms with E-state index in [1.807, 2.05) is 6.92 Å². The molecule has 0 aromatic carbocycles. The van der Waals surface area contributed by atoms with Crippen LogP contribution >= 0.6 is 0 Å². The van der Waals surface area contributed by atoms with E-state index in [2.05, 4.69) is 20.8 Å². The van der Waals surface area contributed by atoms with Crippen molar-refractivity contribution in [1.82, 2.24) is 0 Å². The van der Waals surface area contributed by atoms with Gasteiger partial charge in [0.1, 0.15) is 0 Å². The molecule has 0 amide bonds. The maximum absolute atomic E-state index is 10.4. The Bertz CT molecular complexity index is 725. The molecule has 4 nitrogen and oxygen atoms in total. The largest absolute Gasteiger partial charge is 0.393 e. The summed E-state index contributed by atoms with van der Waals surface area (Å²) < 4.78 is 13.2. The molecule has 31 heavy (non-hydrogen) atoms. The lowest BCUT2D eigenvalue weighted by atomic mass is 9.44. The predicted molar refractivity (Wildman–Crippen MR) is 119 cm³/mol. The molecule has 2 N–H and O–H groups in total. The Labute approximate surface area is 188 Å². The summed E-state index contributed by atoms with van der Waals surface area (Å²) in [6.45, 7) is 9.84. The number of ether oxygens (including phenoxy) is 2. The van der Waals surface area contributed by atoms with E-state index in [9.17, 15) is 10.2 Å². The van der Waals surface area contributed by atoms with E-state index in [0.717, 1.165) is 49.4 Å². The summed E-state index contributed by atoms with van der Waals surface area (Å²) in [5, 5.41) is 20.7. The highest BCUT2D eigenvalue weighted by Gasteiger charge is 2.69. The summed E-state index contributed by atoms with van der Waals surface area (Å²) in [7, 11) is 0. The highest BCUT2D eigenvalue weighted by Crippen LogP contribution is 2.71. The van der Waals surface area contributed by atoms with E-state index < -0.39 is 11.4 Å². The van der Waals surface area contributed by atoms with Gasteiger partial charge in [-0.1, -0.05) is 20.8 Å². The minimum absolute atomic E-state index is 0.0592. The van der Waals surface area contributed by atoms with Gasteiger partial charge in [-0.25, -0.2) is 0 Å².